The molecule has 1 saturated heterocycles. The fourth-order valence-electron chi connectivity index (χ4n) is 2.53. The second kappa shape index (κ2) is 7.53. The molecule has 0 aromatic heterocycles. The Balaban J connectivity index is 1.90. The monoisotopic (exact) mass is 384 g/mol. The summed E-state index contributed by atoms with van der Waals surface area (Å²) < 4.78 is 11.9. The molecule has 128 valence electrons. The zero-order chi connectivity index (χ0) is 17.0. The summed E-state index contributed by atoms with van der Waals surface area (Å²) in [6.45, 7) is 9.51. The van der Waals surface area contributed by atoms with Crippen LogP contribution in [0.5, 0.6) is 5.75 Å². The van der Waals surface area contributed by atoms with Gasteiger partial charge in [-0.3, -0.25) is 4.90 Å². The standard InChI is InChI=1S/C17H25BrN2O3/c1-17(2,3)23-16(21)20-9-7-19(8-10-20)12-13-11-14(18)5-6-15(13)22-4/h5-6,11H,7-10,12H2,1-4H3. The highest BCUT2D eigenvalue weighted by Gasteiger charge is 2.26. The van der Waals surface area contributed by atoms with Crippen LogP contribution in [0, 0.1) is 0 Å². The van der Waals surface area contributed by atoms with Gasteiger partial charge >= 0.3 is 6.09 Å². The average molecular weight is 385 g/mol. The molecule has 0 aliphatic carbocycles. The Morgan fingerprint density at radius 3 is 2.43 bits per heavy atom. The van der Waals surface area contributed by atoms with Crippen LogP contribution < -0.4 is 4.74 Å². The highest BCUT2D eigenvalue weighted by molar-refractivity contribution is 9.10. The lowest BCUT2D eigenvalue weighted by Crippen LogP contribution is -2.49. The Kier molecular flexibility index (Phi) is 5.92. The Morgan fingerprint density at radius 2 is 1.87 bits per heavy atom. The lowest BCUT2D eigenvalue weighted by Gasteiger charge is -2.35. The van der Waals surface area contributed by atoms with E-state index in [1.54, 1.807) is 12.0 Å². The first kappa shape index (κ1) is 18.1. The van der Waals surface area contributed by atoms with E-state index in [4.69, 9.17) is 9.47 Å². The molecule has 1 heterocycles. The number of methoxy groups -OCH3 is 1. The van der Waals surface area contributed by atoms with Gasteiger partial charge in [-0.1, -0.05) is 15.9 Å². The van der Waals surface area contributed by atoms with E-state index >= 15 is 0 Å². The molecule has 1 fully saturated rings. The van der Waals surface area contributed by atoms with E-state index in [0.29, 0.717) is 13.1 Å². The van der Waals surface area contributed by atoms with Crippen molar-refractivity contribution in [1.29, 1.82) is 0 Å². The van der Waals surface area contributed by atoms with Crippen LogP contribution in [0.4, 0.5) is 4.79 Å². The number of benzene rings is 1. The smallest absolute Gasteiger partial charge is 0.410 e. The minimum Gasteiger partial charge on any atom is -0.496 e. The van der Waals surface area contributed by atoms with Gasteiger partial charge in [-0.2, -0.15) is 0 Å². The second-order valence-corrected chi connectivity index (χ2v) is 7.62. The molecule has 1 aliphatic rings. The maximum absolute atomic E-state index is 12.1. The average Bonchev–Trinajstić information content (AvgIpc) is 2.46. The largest absolute Gasteiger partial charge is 0.496 e. The van der Waals surface area contributed by atoms with Crippen molar-refractivity contribution in [3.8, 4) is 5.75 Å². The molecule has 0 unspecified atom stereocenters. The van der Waals surface area contributed by atoms with E-state index in [1.807, 2.05) is 32.9 Å². The van der Waals surface area contributed by atoms with Gasteiger partial charge in [0.05, 0.1) is 7.11 Å². The SMILES string of the molecule is COc1ccc(Br)cc1CN1CCN(C(=O)OC(C)(C)C)CC1. The molecule has 0 atom stereocenters. The summed E-state index contributed by atoms with van der Waals surface area (Å²) in [6, 6.07) is 6.03. The lowest BCUT2D eigenvalue weighted by atomic mass is 10.1. The number of ether oxygens (including phenoxy) is 2. The summed E-state index contributed by atoms with van der Waals surface area (Å²) in [5.74, 6) is 0.891. The number of halogens is 1. The maximum atomic E-state index is 12.1. The Bertz CT molecular complexity index is 549. The van der Waals surface area contributed by atoms with Crippen molar-refractivity contribution in [3.63, 3.8) is 0 Å². The van der Waals surface area contributed by atoms with E-state index in [-0.39, 0.29) is 6.09 Å². The molecule has 5 nitrogen and oxygen atoms in total. The third kappa shape index (κ3) is 5.39. The van der Waals surface area contributed by atoms with Crippen molar-refractivity contribution in [1.82, 2.24) is 9.80 Å². The van der Waals surface area contributed by atoms with Crippen LogP contribution in [0.25, 0.3) is 0 Å². The van der Waals surface area contributed by atoms with Crippen LogP contribution >= 0.6 is 15.9 Å². The lowest BCUT2D eigenvalue weighted by molar-refractivity contribution is 0.0138. The van der Waals surface area contributed by atoms with Crippen LogP contribution in [0.1, 0.15) is 26.3 Å². The first-order chi connectivity index (χ1) is 10.8. The number of carbonyl (C=O) groups excluding carboxylic acids is 1. The molecule has 0 radical (unpaired) electrons. The summed E-state index contributed by atoms with van der Waals surface area (Å²) >= 11 is 3.50. The summed E-state index contributed by atoms with van der Waals surface area (Å²) in [7, 11) is 1.69. The van der Waals surface area contributed by atoms with E-state index in [9.17, 15) is 4.79 Å². The maximum Gasteiger partial charge on any atom is 0.410 e. The summed E-state index contributed by atoms with van der Waals surface area (Å²) in [4.78, 5) is 16.2. The fraction of sp³-hybridized carbons (Fsp3) is 0.588. The number of piperazine rings is 1. The normalized spacial score (nSPS) is 16.3. The molecule has 2 rings (SSSR count). The Morgan fingerprint density at radius 1 is 1.22 bits per heavy atom. The second-order valence-electron chi connectivity index (χ2n) is 6.70. The Hall–Kier alpha value is -1.27. The van der Waals surface area contributed by atoms with Crippen molar-refractivity contribution in [2.45, 2.75) is 32.9 Å². The third-order valence-electron chi connectivity index (χ3n) is 3.66. The molecule has 1 aromatic carbocycles. The minimum absolute atomic E-state index is 0.225. The number of hydrogen-bond acceptors (Lipinski definition) is 4. The molecule has 1 aromatic rings. The van der Waals surface area contributed by atoms with E-state index in [2.05, 4.69) is 26.9 Å². The van der Waals surface area contributed by atoms with E-state index in [0.717, 1.165) is 35.4 Å². The minimum atomic E-state index is -0.447. The first-order valence-electron chi connectivity index (χ1n) is 7.81. The van der Waals surface area contributed by atoms with E-state index in [1.165, 1.54) is 0 Å². The summed E-state index contributed by atoms with van der Waals surface area (Å²) in [5, 5.41) is 0. The highest BCUT2D eigenvalue weighted by atomic mass is 79.9. The van der Waals surface area contributed by atoms with Gasteiger partial charge in [-0.25, -0.2) is 4.79 Å². The van der Waals surface area contributed by atoms with Crippen molar-refractivity contribution in [2.24, 2.45) is 0 Å². The molecular weight excluding hydrogens is 360 g/mol. The van der Waals surface area contributed by atoms with Gasteiger partial charge in [0.2, 0.25) is 0 Å². The van der Waals surface area contributed by atoms with Gasteiger partial charge in [0.15, 0.2) is 0 Å². The first-order valence-corrected chi connectivity index (χ1v) is 8.60. The number of rotatable bonds is 3. The summed E-state index contributed by atoms with van der Waals surface area (Å²) in [5.41, 5.74) is 0.699. The van der Waals surface area contributed by atoms with Crippen LogP contribution in [0.15, 0.2) is 22.7 Å². The topological polar surface area (TPSA) is 42.0 Å². The van der Waals surface area contributed by atoms with Gasteiger partial charge in [0.1, 0.15) is 11.4 Å². The van der Waals surface area contributed by atoms with Gasteiger partial charge in [-0.05, 0) is 39.0 Å². The van der Waals surface area contributed by atoms with Crippen molar-refractivity contribution in [2.75, 3.05) is 33.3 Å². The van der Waals surface area contributed by atoms with Gasteiger partial charge in [0.25, 0.3) is 0 Å². The van der Waals surface area contributed by atoms with Gasteiger partial charge < -0.3 is 14.4 Å². The highest BCUT2D eigenvalue weighted by Crippen LogP contribution is 2.25. The van der Waals surface area contributed by atoms with Crippen LogP contribution in [0.2, 0.25) is 0 Å². The van der Waals surface area contributed by atoms with Crippen molar-refractivity contribution in [3.05, 3.63) is 28.2 Å². The number of nitrogens with zero attached hydrogens (tertiary/aromatic N) is 2. The molecule has 0 N–H and O–H groups in total. The molecule has 0 spiro atoms. The molecule has 6 heteroatoms. The Labute approximate surface area is 146 Å². The van der Waals surface area contributed by atoms with Crippen LogP contribution in [-0.2, 0) is 11.3 Å². The fourth-order valence-corrected chi connectivity index (χ4v) is 2.94. The number of carbonyl (C=O) groups is 1. The van der Waals surface area contributed by atoms with Crippen molar-refractivity contribution >= 4 is 22.0 Å². The number of hydrogen-bond donors (Lipinski definition) is 0. The zero-order valence-corrected chi connectivity index (χ0v) is 15.9. The van der Waals surface area contributed by atoms with E-state index < -0.39 is 5.60 Å². The van der Waals surface area contributed by atoms with Gasteiger partial charge in [-0.15, -0.1) is 0 Å². The van der Waals surface area contributed by atoms with Gasteiger partial charge in [0, 0.05) is 42.8 Å². The molecule has 1 aliphatic heterocycles. The van der Waals surface area contributed by atoms with Crippen LogP contribution in [-0.4, -0.2) is 54.8 Å². The molecule has 1 amide bonds. The predicted molar refractivity (Wildman–Crippen MR) is 93.8 cm³/mol. The van der Waals surface area contributed by atoms with Crippen molar-refractivity contribution < 1.29 is 14.3 Å². The van der Waals surface area contributed by atoms with Crippen LogP contribution in [0.3, 0.4) is 0 Å². The quantitative estimate of drug-likeness (QED) is 0.799. The predicted octanol–water partition coefficient (Wildman–Crippen LogP) is 3.51. The molecule has 23 heavy (non-hydrogen) atoms. The molecular formula is C17H25BrN2O3. The number of amides is 1. The molecule has 0 saturated carbocycles. The zero-order valence-electron chi connectivity index (χ0n) is 14.3. The third-order valence-corrected chi connectivity index (χ3v) is 4.15. The summed E-state index contributed by atoms with van der Waals surface area (Å²) in [6.07, 6.45) is -0.225. The molecule has 0 bridgehead atoms.